The van der Waals surface area contributed by atoms with E-state index >= 15 is 0 Å². The van der Waals surface area contributed by atoms with Crippen LogP contribution >= 0.6 is 0 Å². The van der Waals surface area contributed by atoms with Gasteiger partial charge in [-0.3, -0.25) is 4.90 Å². The summed E-state index contributed by atoms with van der Waals surface area (Å²) in [6.07, 6.45) is 1.67. The second-order valence-electron chi connectivity index (χ2n) is 7.08. The highest BCUT2D eigenvalue weighted by atomic mass is 16.5. The first-order chi connectivity index (χ1) is 13.8. The smallest absolute Gasteiger partial charge is 0.185 e. The van der Waals surface area contributed by atoms with E-state index in [4.69, 9.17) is 9.84 Å². The first-order valence-corrected chi connectivity index (χ1v) is 9.51. The van der Waals surface area contributed by atoms with E-state index in [1.807, 2.05) is 18.2 Å². The predicted octanol–water partition coefficient (Wildman–Crippen LogP) is 2.61. The Morgan fingerprint density at radius 1 is 0.929 bits per heavy atom. The first kappa shape index (κ1) is 16.9. The summed E-state index contributed by atoms with van der Waals surface area (Å²) in [6.45, 7) is 4.85. The number of benzene rings is 2. The Balaban J connectivity index is 1.35. The molecule has 1 aliphatic heterocycles. The summed E-state index contributed by atoms with van der Waals surface area (Å²) in [5.74, 6) is 1.91. The molecule has 2 aromatic heterocycles. The summed E-state index contributed by atoms with van der Waals surface area (Å²) in [5.41, 5.74) is 2.11. The van der Waals surface area contributed by atoms with Crippen LogP contribution in [0.15, 0.2) is 54.9 Å². The van der Waals surface area contributed by atoms with Gasteiger partial charge in [0.25, 0.3) is 0 Å². The molecule has 0 unspecified atom stereocenters. The van der Waals surface area contributed by atoms with E-state index in [0.717, 1.165) is 60.7 Å². The number of hydrogen-bond acceptors (Lipinski definition) is 6. The molecule has 1 fully saturated rings. The third-order valence-corrected chi connectivity index (χ3v) is 5.38. The maximum absolute atomic E-state index is 5.24. The van der Waals surface area contributed by atoms with Crippen molar-refractivity contribution in [2.24, 2.45) is 0 Å². The average Bonchev–Trinajstić information content (AvgIpc) is 3.23. The van der Waals surface area contributed by atoms with Crippen molar-refractivity contribution < 1.29 is 4.74 Å². The van der Waals surface area contributed by atoms with Crippen LogP contribution < -0.4 is 9.64 Å². The highest BCUT2D eigenvalue weighted by Gasteiger charge is 2.21. The van der Waals surface area contributed by atoms with Gasteiger partial charge in [0, 0.05) is 43.5 Å². The Morgan fingerprint density at radius 2 is 1.68 bits per heavy atom. The molecule has 0 atom stereocenters. The Kier molecular flexibility index (Phi) is 4.29. The van der Waals surface area contributed by atoms with Crippen LogP contribution in [0, 0.1) is 0 Å². The zero-order chi connectivity index (χ0) is 18.9. The minimum absolute atomic E-state index is 0.803. The van der Waals surface area contributed by atoms with E-state index in [0.29, 0.717) is 0 Å². The number of anilines is 1. The van der Waals surface area contributed by atoms with Gasteiger partial charge in [0.15, 0.2) is 11.5 Å². The number of rotatable bonds is 4. The number of fused-ring (bicyclic) bond motifs is 3. The number of methoxy groups -OCH3 is 1. The molecule has 1 aliphatic rings. The molecule has 0 bridgehead atoms. The van der Waals surface area contributed by atoms with Gasteiger partial charge in [-0.15, -0.1) is 15.3 Å². The standard InChI is InChI=1S/C21H22N6O/c1-28-17-8-6-16(7-9-17)14-25-10-12-26(13-11-25)21-19-5-3-2-4-18(19)20-23-22-15-27(20)24-21/h2-9,15H,10-14H2,1H3. The van der Waals surface area contributed by atoms with Crippen LogP contribution in [0.2, 0.25) is 0 Å². The Hall–Kier alpha value is -3.19. The van der Waals surface area contributed by atoms with Gasteiger partial charge in [-0.2, -0.15) is 4.52 Å². The molecule has 5 rings (SSSR count). The predicted molar refractivity (Wildman–Crippen MR) is 109 cm³/mol. The molecular weight excluding hydrogens is 352 g/mol. The summed E-state index contributed by atoms with van der Waals surface area (Å²) in [6, 6.07) is 16.6. The first-order valence-electron chi connectivity index (χ1n) is 9.51. The SMILES string of the molecule is COc1ccc(CN2CCN(c3nn4cnnc4c4ccccc34)CC2)cc1. The molecule has 0 N–H and O–H groups in total. The van der Waals surface area contributed by atoms with Crippen LogP contribution in [-0.4, -0.2) is 58.0 Å². The molecule has 28 heavy (non-hydrogen) atoms. The van der Waals surface area contributed by atoms with Crippen LogP contribution in [0.5, 0.6) is 5.75 Å². The molecule has 0 spiro atoms. The third kappa shape index (κ3) is 3.03. The molecule has 0 amide bonds. The molecule has 0 aliphatic carbocycles. The molecular formula is C21H22N6O. The third-order valence-electron chi connectivity index (χ3n) is 5.38. The van der Waals surface area contributed by atoms with Gasteiger partial charge in [0.05, 0.1) is 7.11 Å². The number of hydrogen-bond donors (Lipinski definition) is 0. The van der Waals surface area contributed by atoms with Crippen molar-refractivity contribution in [1.82, 2.24) is 24.7 Å². The van der Waals surface area contributed by atoms with Gasteiger partial charge in [-0.05, 0) is 17.7 Å². The van der Waals surface area contributed by atoms with E-state index < -0.39 is 0 Å². The Labute approximate surface area is 163 Å². The van der Waals surface area contributed by atoms with Gasteiger partial charge in [-0.25, -0.2) is 0 Å². The van der Waals surface area contributed by atoms with Gasteiger partial charge in [0.1, 0.15) is 12.1 Å². The summed E-state index contributed by atoms with van der Waals surface area (Å²) in [5, 5.41) is 15.3. The molecule has 0 saturated carbocycles. The fourth-order valence-electron chi connectivity index (χ4n) is 3.85. The van der Waals surface area contributed by atoms with Crippen LogP contribution in [0.4, 0.5) is 5.82 Å². The zero-order valence-electron chi connectivity index (χ0n) is 15.8. The van der Waals surface area contributed by atoms with Crippen LogP contribution in [-0.2, 0) is 6.54 Å². The van der Waals surface area contributed by atoms with E-state index in [-0.39, 0.29) is 0 Å². The molecule has 7 heteroatoms. The second-order valence-corrected chi connectivity index (χ2v) is 7.08. The number of ether oxygens (including phenoxy) is 1. The maximum atomic E-state index is 5.24. The minimum Gasteiger partial charge on any atom is -0.497 e. The molecule has 4 aromatic rings. The lowest BCUT2D eigenvalue weighted by atomic mass is 10.1. The zero-order valence-corrected chi connectivity index (χ0v) is 15.8. The molecule has 142 valence electrons. The van der Waals surface area contributed by atoms with Crippen molar-refractivity contribution in [3.63, 3.8) is 0 Å². The van der Waals surface area contributed by atoms with Gasteiger partial charge >= 0.3 is 0 Å². The maximum Gasteiger partial charge on any atom is 0.185 e. The quantitative estimate of drug-likeness (QED) is 0.547. The molecule has 3 heterocycles. The highest BCUT2D eigenvalue weighted by Crippen LogP contribution is 2.27. The van der Waals surface area contributed by atoms with Gasteiger partial charge in [-0.1, -0.05) is 36.4 Å². The van der Waals surface area contributed by atoms with Crippen molar-refractivity contribution in [2.45, 2.75) is 6.54 Å². The highest BCUT2D eigenvalue weighted by molar-refractivity contribution is 6.00. The molecule has 0 radical (unpaired) electrons. The van der Waals surface area contributed by atoms with E-state index in [2.05, 4.69) is 50.3 Å². The largest absolute Gasteiger partial charge is 0.497 e. The second kappa shape index (κ2) is 7.09. The lowest BCUT2D eigenvalue weighted by Crippen LogP contribution is -2.46. The number of nitrogens with zero attached hydrogens (tertiary/aromatic N) is 6. The van der Waals surface area contributed by atoms with E-state index in [1.54, 1.807) is 18.0 Å². The van der Waals surface area contributed by atoms with Crippen molar-refractivity contribution >= 4 is 22.2 Å². The Bertz CT molecular complexity index is 1100. The topological polar surface area (TPSA) is 58.8 Å². The lowest BCUT2D eigenvalue weighted by Gasteiger charge is -2.35. The van der Waals surface area contributed by atoms with Gasteiger partial charge in [0.2, 0.25) is 0 Å². The van der Waals surface area contributed by atoms with Crippen molar-refractivity contribution in [2.75, 3.05) is 38.2 Å². The Morgan fingerprint density at radius 3 is 2.43 bits per heavy atom. The monoisotopic (exact) mass is 374 g/mol. The molecule has 1 saturated heterocycles. The summed E-state index contributed by atoms with van der Waals surface area (Å²) in [4.78, 5) is 4.85. The van der Waals surface area contributed by atoms with E-state index in [1.165, 1.54) is 5.56 Å². The van der Waals surface area contributed by atoms with Crippen molar-refractivity contribution in [1.29, 1.82) is 0 Å². The normalized spacial score (nSPS) is 15.4. The van der Waals surface area contributed by atoms with Crippen LogP contribution in [0.3, 0.4) is 0 Å². The average molecular weight is 374 g/mol. The lowest BCUT2D eigenvalue weighted by molar-refractivity contribution is 0.249. The van der Waals surface area contributed by atoms with E-state index in [9.17, 15) is 0 Å². The summed E-state index contributed by atoms with van der Waals surface area (Å²) in [7, 11) is 1.70. The fourth-order valence-corrected chi connectivity index (χ4v) is 3.85. The minimum atomic E-state index is 0.803. The fraction of sp³-hybridized carbons (Fsp3) is 0.286. The molecule has 2 aromatic carbocycles. The summed E-state index contributed by atoms with van der Waals surface area (Å²) >= 11 is 0. The summed E-state index contributed by atoms with van der Waals surface area (Å²) < 4.78 is 7.02. The van der Waals surface area contributed by atoms with Gasteiger partial charge < -0.3 is 9.64 Å². The molecule has 7 nitrogen and oxygen atoms in total. The van der Waals surface area contributed by atoms with Crippen molar-refractivity contribution in [3.05, 3.63) is 60.4 Å². The van der Waals surface area contributed by atoms with Crippen molar-refractivity contribution in [3.8, 4) is 5.75 Å². The number of aromatic nitrogens is 4. The number of piperazine rings is 1. The van der Waals surface area contributed by atoms with Crippen LogP contribution in [0.25, 0.3) is 16.4 Å². The van der Waals surface area contributed by atoms with Crippen LogP contribution in [0.1, 0.15) is 5.56 Å².